The molecule has 1 aliphatic rings. The lowest BCUT2D eigenvalue weighted by atomic mass is 10.4. The van der Waals surface area contributed by atoms with Crippen LogP contribution in [-0.2, 0) is 6.54 Å². The first-order chi connectivity index (χ1) is 5.31. The molecule has 0 atom stereocenters. The van der Waals surface area contributed by atoms with Crippen LogP contribution in [0.15, 0.2) is 12.3 Å². The molecule has 1 saturated carbocycles. The summed E-state index contributed by atoms with van der Waals surface area (Å²) >= 11 is 0. The number of nitrogens with zero attached hydrogens (tertiary/aromatic N) is 1. The predicted molar refractivity (Wildman–Crippen MR) is 45.0 cm³/mol. The molecular formula is C8H13N3. The summed E-state index contributed by atoms with van der Waals surface area (Å²) in [7, 11) is 0. The Labute approximate surface area is 66.0 Å². The highest BCUT2D eigenvalue weighted by atomic mass is 15.1. The Morgan fingerprint density at radius 3 is 2.82 bits per heavy atom. The zero-order chi connectivity index (χ0) is 7.84. The minimum absolute atomic E-state index is 0.591. The lowest BCUT2D eigenvalue weighted by Crippen LogP contribution is -2.04. The normalized spacial score (nSPS) is 17.2. The minimum Gasteiger partial charge on any atom is -0.397 e. The third-order valence-electron chi connectivity index (χ3n) is 2.10. The van der Waals surface area contributed by atoms with Gasteiger partial charge in [0.05, 0.1) is 0 Å². The van der Waals surface area contributed by atoms with Crippen LogP contribution in [0.4, 0.5) is 5.69 Å². The molecule has 0 radical (unpaired) electrons. The molecular weight excluding hydrogens is 138 g/mol. The largest absolute Gasteiger partial charge is 0.397 e. The van der Waals surface area contributed by atoms with Crippen molar-refractivity contribution in [2.45, 2.75) is 25.4 Å². The molecule has 1 aromatic rings. The van der Waals surface area contributed by atoms with Crippen molar-refractivity contribution in [1.82, 2.24) is 4.57 Å². The van der Waals surface area contributed by atoms with E-state index < -0.39 is 0 Å². The van der Waals surface area contributed by atoms with Gasteiger partial charge in [0, 0.05) is 30.2 Å². The van der Waals surface area contributed by atoms with Crippen molar-refractivity contribution >= 4 is 5.69 Å². The first-order valence-electron chi connectivity index (χ1n) is 3.97. The number of anilines is 1. The van der Waals surface area contributed by atoms with Gasteiger partial charge in [0.15, 0.2) is 0 Å². The molecule has 0 spiro atoms. The van der Waals surface area contributed by atoms with Crippen molar-refractivity contribution in [2.75, 3.05) is 5.73 Å². The fraction of sp³-hybridized carbons (Fsp3) is 0.500. The molecule has 11 heavy (non-hydrogen) atoms. The fourth-order valence-electron chi connectivity index (χ4n) is 1.40. The van der Waals surface area contributed by atoms with E-state index in [2.05, 4.69) is 4.57 Å². The Morgan fingerprint density at radius 2 is 2.27 bits per heavy atom. The summed E-state index contributed by atoms with van der Waals surface area (Å²) in [5, 5.41) is 0. The Balaban J connectivity index is 2.34. The quantitative estimate of drug-likeness (QED) is 0.658. The van der Waals surface area contributed by atoms with Crippen LogP contribution in [0.2, 0.25) is 0 Å². The summed E-state index contributed by atoms with van der Waals surface area (Å²) in [5.41, 5.74) is 13.2. The SMILES string of the molecule is NCc1cc(N)cn1C1CC1. The van der Waals surface area contributed by atoms with Gasteiger partial charge in [0.2, 0.25) is 0 Å². The van der Waals surface area contributed by atoms with Crippen molar-refractivity contribution in [3.63, 3.8) is 0 Å². The Bertz CT molecular complexity index is 260. The molecule has 0 aliphatic heterocycles. The fourth-order valence-corrected chi connectivity index (χ4v) is 1.40. The third kappa shape index (κ3) is 1.12. The topological polar surface area (TPSA) is 57.0 Å². The molecule has 3 heteroatoms. The summed E-state index contributed by atoms with van der Waals surface area (Å²) in [6.07, 6.45) is 4.54. The molecule has 0 bridgehead atoms. The van der Waals surface area contributed by atoms with Gasteiger partial charge < -0.3 is 16.0 Å². The van der Waals surface area contributed by atoms with Crippen molar-refractivity contribution in [3.05, 3.63) is 18.0 Å². The van der Waals surface area contributed by atoms with Crippen LogP contribution >= 0.6 is 0 Å². The zero-order valence-electron chi connectivity index (χ0n) is 6.46. The zero-order valence-corrected chi connectivity index (χ0v) is 6.46. The number of nitrogen functional groups attached to an aromatic ring is 1. The summed E-state index contributed by atoms with van der Waals surface area (Å²) in [5.74, 6) is 0. The van der Waals surface area contributed by atoms with Crippen molar-refractivity contribution < 1.29 is 0 Å². The monoisotopic (exact) mass is 151 g/mol. The lowest BCUT2D eigenvalue weighted by Gasteiger charge is -2.03. The van der Waals surface area contributed by atoms with Crippen LogP contribution in [0.5, 0.6) is 0 Å². The molecule has 3 nitrogen and oxygen atoms in total. The molecule has 0 saturated heterocycles. The van der Waals surface area contributed by atoms with Crippen LogP contribution in [0, 0.1) is 0 Å². The Hall–Kier alpha value is -0.960. The molecule has 1 aromatic heterocycles. The third-order valence-corrected chi connectivity index (χ3v) is 2.10. The molecule has 0 amide bonds. The van der Waals surface area contributed by atoms with Gasteiger partial charge >= 0.3 is 0 Å². The van der Waals surface area contributed by atoms with Gasteiger partial charge in [-0.1, -0.05) is 0 Å². The van der Waals surface area contributed by atoms with E-state index in [1.165, 1.54) is 12.8 Å². The van der Waals surface area contributed by atoms with E-state index in [0.717, 1.165) is 11.4 Å². The van der Waals surface area contributed by atoms with E-state index in [1.54, 1.807) is 0 Å². The smallest absolute Gasteiger partial charge is 0.0497 e. The van der Waals surface area contributed by atoms with Crippen LogP contribution in [-0.4, -0.2) is 4.57 Å². The molecule has 1 fully saturated rings. The summed E-state index contributed by atoms with van der Waals surface area (Å²) < 4.78 is 2.20. The standard InChI is InChI=1S/C8H13N3/c9-4-8-3-6(10)5-11(8)7-1-2-7/h3,5,7H,1-2,4,9-10H2. The summed E-state index contributed by atoms with van der Waals surface area (Å²) in [6, 6.07) is 2.64. The number of aromatic nitrogens is 1. The van der Waals surface area contributed by atoms with E-state index in [-0.39, 0.29) is 0 Å². The molecule has 4 N–H and O–H groups in total. The summed E-state index contributed by atoms with van der Waals surface area (Å²) in [4.78, 5) is 0. The van der Waals surface area contributed by atoms with Gasteiger partial charge in [0.1, 0.15) is 0 Å². The lowest BCUT2D eigenvalue weighted by molar-refractivity contribution is 0.698. The number of rotatable bonds is 2. The maximum atomic E-state index is 5.64. The van der Waals surface area contributed by atoms with Gasteiger partial charge in [-0.2, -0.15) is 0 Å². The Kier molecular flexibility index (Phi) is 1.39. The second-order valence-corrected chi connectivity index (χ2v) is 3.11. The van der Waals surface area contributed by atoms with E-state index in [4.69, 9.17) is 11.5 Å². The van der Waals surface area contributed by atoms with E-state index in [1.807, 2.05) is 12.3 Å². The minimum atomic E-state index is 0.591. The number of hydrogen-bond donors (Lipinski definition) is 2. The second-order valence-electron chi connectivity index (χ2n) is 3.11. The average Bonchev–Trinajstić information content (AvgIpc) is 2.75. The molecule has 1 heterocycles. The molecule has 1 aliphatic carbocycles. The highest BCUT2D eigenvalue weighted by molar-refractivity contribution is 5.39. The molecule has 60 valence electrons. The van der Waals surface area contributed by atoms with Gasteiger partial charge in [-0.05, 0) is 18.9 Å². The maximum absolute atomic E-state index is 5.64. The predicted octanol–water partition coefficient (Wildman–Crippen LogP) is 0.864. The van der Waals surface area contributed by atoms with Crippen LogP contribution in [0.3, 0.4) is 0 Å². The first kappa shape index (κ1) is 6.73. The van der Waals surface area contributed by atoms with E-state index in [0.29, 0.717) is 12.6 Å². The first-order valence-corrected chi connectivity index (χ1v) is 3.97. The van der Waals surface area contributed by atoms with E-state index in [9.17, 15) is 0 Å². The van der Waals surface area contributed by atoms with Crippen molar-refractivity contribution in [3.8, 4) is 0 Å². The van der Waals surface area contributed by atoms with E-state index >= 15 is 0 Å². The number of hydrogen-bond acceptors (Lipinski definition) is 2. The highest BCUT2D eigenvalue weighted by Crippen LogP contribution is 2.36. The van der Waals surface area contributed by atoms with Gasteiger partial charge in [-0.3, -0.25) is 0 Å². The van der Waals surface area contributed by atoms with Crippen molar-refractivity contribution in [1.29, 1.82) is 0 Å². The van der Waals surface area contributed by atoms with Gasteiger partial charge in [0.25, 0.3) is 0 Å². The van der Waals surface area contributed by atoms with Gasteiger partial charge in [-0.15, -0.1) is 0 Å². The average molecular weight is 151 g/mol. The summed E-state index contributed by atoms with van der Waals surface area (Å²) in [6.45, 7) is 0.591. The van der Waals surface area contributed by atoms with Crippen LogP contribution in [0.25, 0.3) is 0 Å². The molecule has 0 aromatic carbocycles. The van der Waals surface area contributed by atoms with Crippen LogP contribution in [0.1, 0.15) is 24.6 Å². The second kappa shape index (κ2) is 2.27. The van der Waals surface area contributed by atoms with Gasteiger partial charge in [-0.25, -0.2) is 0 Å². The maximum Gasteiger partial charge on any atom is 0.0497 e. The Morgan fingerprint density at radius 1 is 1.55 bits per heavy atom. The number of nitrogens with two attached hydrogens (primary N) is 2. The highest BCUT2D eigenvalue weighted by Gasteiger charge is 2.24. The van der Waals surface area contributed by atoms with Crippen molar-refractivity contribution in [2.24, 2.45) is 5.73 Å². The molecule has 2 rings (SSSR count). The molecule has 0 unspecified atom stereocenters. The van der Waals surface area contributed by atoms with Crippen LogP contribution < -0.4 is 11.5 Å².